The molecule has 1 saturated carbocycles. The van der Waals surface area contributed by atoms with Gasteiger partial charge in [-0.2, -0.15) is 0 Å². The average Bonchev–Trinajstić information content (AvgIpc) is 2.82. The van der Waals surface area contributed by atoms with Crippen molar-refractivity contribution in [2.45, 2.75) is 18.8 Å². The van der Waals surface area contributed by atoms with E-state index >= 15 is 0 Å². The normalized spacial score (nSPS) is 17.0. The summed E-state index contributed by atoms with van der Waals surface area (Å²) in [4.78, 5) is 3.31. The second-order valence-electron chi connectivity index (χ2n) is 3.56. The minimum Gasteiger partial charge on any atom is -0.361 e. The second-order valence-corrected chi connectivity index (χ2v) is 3.56. The molecule has 3 rings (SSSR count). The summed E-state index contributed by atoms with van der Waals surface area (Å²) >= 11 is 0. The number of H-pyrrole nitrogens is 1. The highest BCUT2D eigenvalue weighted by Crippen LogP contribution is 2.42. The molecule has 1 N–H and O–H groups in total. The zero-order valence-electron chi connectivity index (χ0n) is 6.88. The Balaban J connectivity index is 2.32. The minimum absolute atomic E-state index is 0.840. The van der Waals surface area contributed by atoms with Crippen LogP contribution in [0.3, 0.4) is 0 Å². The highest BCUT2D eigenvalue weighted by atomic mass is 14.7. The van der Waals surface area contributed by atoms with Gasteiger partial charge in [-0.25, -0.2) is 0 Å². The van der Waals surface area contributed by atoms with E-state index in [-0.39, 0.29) is 0 Å². The number of nitrogens with one attached hydrogen (secondary N) is 1. The Hall–Kier alpha value is -1.24. The van der Waals surface area contributed by atoms with Gasteiger partial charge in [0.15, 0.2) is 0 Å². The highest BCUT2D eigenvalue weighted by Gasteiger charge is 2.25. The summed E-state index contributed by atoms with van der Waals surface area (Å²) in [7, 11) is 0. The van der Waals surface area contributed by atoms with E-state index in [0.717, 1.165) is 5.92 Å². The molecule has 2 aromatic rings. The van der Waals surface area contributed by atoms with Crippen LogP contribution in [0.2, 0.25) is 0 Å². The Kier molecular flexibility index (Phi) is 1.12. The van der Waals surface area contributed by atoms with E-state index in [2.05, 4.69) is 29.2 Å². The molecule has 1 heteroatoms. The average molecular weight is 157 g/mol. The van der Waals surface area contributed by atoms with Crippen molar-refractivity contribution in [2.24, 2.45) is 0 Å². The maximum atomic E-state index is 3.31. The van der Waals surface area contributed by atoms with Gasteiger partial charge in [-0.3, -0.25) is 0 Å². The zero-order chi connectivity index (χ0) is 7.97. The lowest BCUT2D eigenvalue weighted by atomic mass is 10.1. The predicted molar refractivity (Wildman–Crippen MR) is 50.3 cm³/mol. The van der Waals surface area contributed by atoms with Crippen LogP contribution >= 0.6 is 0 Å². The molecule has 1 aliphatic carbocycles. The SMILES string of the molecule is c1cc(C2CC2)c2[nH]ccc2c1. The van der Waals surface area contributed by atoms with Crippen LogP contribution in [-0.2, 0) is 0 Å². The molecule has 0 spiro atoms. The molecule has 0 saturated heterocycles. The first kappa shape index (κ1) is 6.30. The molecule has 1 aromatic heterocycles. The Bertz CT molecular complexity index is 410. The van der Waals surface area contributed by atoms with Crippen LogP contribution in [0.15, 0.2) is 30.5 Å². The standard InChI is InChI=1S/C11H11N/c1-2-9-6-7-12-11(9)10(3-1)8-4-5-8/h1-3,6-8,12H,4-5H2. The van der Waals surface area contributed by atoms with Crippen LogP contribution in [0, 0.1) is 0 Å². The van der Waals surface area contributed by atoms with Crippen LogP contribution in [0.5, 0.6) is 0 Å². The third-order valence-corrected chi connectivity index (χ3v) is 2.64. The minimum atomic E-state index is 0.840. The number of fused-ring (bicyclic) bond motifs is 1. The van der Waals surface area contributed by atoms with E-state index in [0.29, 0.717) is 0 Å². The van der Waals surface area contributed by atoms with Gasteiger partial charge in [-0.1, -0.05) is 18.2 Å². The molecule has 1 fully saturated rings. The highest BCUT2D eigenvalue weighted by molar-refractivity contribution is 5.83. The third kappa shape index (κ3) is 0.795. The molecular weight excluding hydrogens is 146 g/mol. The number of aromatic nitrogens is 1. The summed E-state index contributed by atoms with van der Waals surface area (Å²) in [5.74, 6) is 0.840. The Morgan fingerprint density at radius 3 is 2.92 bits per heavy atom. The molecule has 0 radical (unpaired) electrons. The van der Waals surface area contributed by atoms with Crippen molar-refractivity contribution in [3.05, 3.63) is 36.0 Å². The zero-order valence-corrected chi connectivity index (χ0v) is 6.88. The van der Waals surface area contributed by atoms with E-state index in [1.165, 1.54) is 29.3 Å². The number of rotatable bonds is 1. The summed E-state index contributed by atoms with van der Waals surface area (Å²) in [5, 5.41) is 1.35. The van der Waals surface area contributed by atoms with Gasteiger partial charge in [0.2, 0.25) is 0 Å². The Morgan fingerprint density at radius 1 is 1.17 bits per heavy atom. The topological polar surface area (TPSA) is 15.8 Å². The van der Waals surface area contributed by atoms with Crippen LogP contribution in [0.4, 0.5) is 0 Å². The smallest absolute Gasteiger partial charge is 0.0489 e. The Labute approximate surface area is 71.4 Å². The van der Waals surface area contributed by atoms with E-state index in [4.69, 9.17) is 0 Å². The summed E-state index contributed by atoms with van der Waals surface area (Å²) in [6.45, 7) is 0. The van der Waals surface area contributed by atoms with Gasteiger partial charge in [-0.05, 0) is 35.8 Å². The molecule has 1 aliphatic rings. The van der Waals surface area contributed by atoms with Gasteiger partial charge < -0.3 is 4.98 Å². The fraction of sp³-hybridized carbons (Fsp3) is 0.273. The van der Waals surface area contributed by atoms with Crippen molar-refractivity contribution in [1.29, 1.82) is 0 Å². The van der Waals surface area contributed by atoms with Gasteiger partial charge in [0.25, 0.3) is 0 Å². The van der Waals surface area contributed by atoms with Gasteiger partial charge in [0, 0.05) is 11.7 Å². The first-order valence-electron chi connectivity index (χ1n) is 4.51. The largest absolute Gasteiger partial charge is 0.361 e. The monoisotopic (exact) mass is 157 g/mol. The molecule has 12 heavy (non-hydrogen) atoms. The maximum Gasteiger partial charge on any atom is 0.0489 e. The lowest BCUT2D eigenvalue weighted by Gasteiger charge is -1.98. The summed E-state index contributed by atoms with van der Waals surface area (Å²) in [5.41, 5.74) is 2.86. The predicted octanol–water partition coefficient (Wildman–Crippen LogP) is 3.05. The van der Waals surface area contributed by atoms with Crippen molar-refractivity contribution < 1.29 is 0 Å². The van der Waals surface area contributed by atoms with E-state index in [1.807, 2.05) is 6.20 Å². The molecule has 0 bridgehead atoms. The Morgan fingerprint density at radius 2 is 2.08 bits per heavy atom. The molecule has 1 nitrogen and oxygen atoms in total. The molecule has 0 atom stereocenters. The number of aromatic amines is 1. The van der Waals surface area contributed by atoms with Gasteiger partial charge in [0.05, 0.1) is 0 Å². The van der Waals surface area contributed by atoms with E-state index < -0.39 is 0 Å². The number of para-hydroxylation sites is 1. The van der Waals surface area contributed by atoms with Crippen molar-refractivity contribution in [1.82, 2.24) is 4.98 Å². The summed E-state index contributed by atoms with van der Waals surface area (Å²) < 4.78 is 0. The second kappa shape index (κ2) is 2.13. The van der Waals surface area contributed by atoms with Gasteiger partial charge >= 0.3 is 0 Å². The molecule has 1 heterocycles. The lowest BCUT2D eigenvalue weighted by Crippen LogP contribution is -1.80. The number of benzene rings is 1. The van der Waals surface area contributed by atoms with Crippen LogP contribution in [0.1, 0.15) is 24.3 Å². The van der Waals surface area contributed by atoms with Crippen molar-refractivity contribution in [3.8, 4) is 0 Å². The molecule has 60 valence electrons. The third-order valence-electron chi connectivity index (χ3n) is 2.64. The lowest BCUT2D eigenvalue weighted by molar-refractivity contribution is 1.14. The van der Waals surface area contributed by atoms with Crippen molar-refractivity contribution >= 4 is 10.9 Å². The molecule has 0 amide bonds. The molecule has 0 unspecified atom stereocenters. The van der Waals surface area contributed by atoms with E-state index in [1.54, 1.807) is 0 Å². The van der Waals surface area contributed by atoms with Crippen molar-refractivity contribution in [2.75, 3.05) is 0 Å². The van der Waals surface area contributed by atoms with Crippen LogP contribution < -0.4 is 0 Å². The summed E-state index contributed by atoms with van der Waals surface area (Å²) in [6, 6.07) is 8.71. The van der Waals surface area contributed by atoms with Crippen LogP contribution in [-0.4, -0.2) is 4.98 Å². The fourth-order valence-corrected chi connectivity index (χ4v) is 1.84. The quantitative estimate of drug-likeness (QED) is 0.654. The number of hydrogen-bond donors (Lipinski definition) is 1. The van der Waals surface area contributed by atoms with Crippen molar-refractivity contribution in [3.63, 3.8) is 0 Å². The first-order valence-corrected chi connectivity index (χ1v) is 4.51. The maximum absolute atomic E-state index is 3.31. The van der Waals surface area contributed by atoms with Gasteiger partial charge in [0.1, 0.15) is 0 Å². The van der Waals surface area contributed by atoms with Crippen LogP contribution in [0.25, 0.3) is 10.9 Å². The fourth-order valence-electron chi connectivity index (χ4n) is 1.84. The van der Waals surface area contributed by atoms with Gasteiger partial charge in [-0.15, -0.1) is 0 Å². The number of hydrogen-bond acceptors (Lipinski definition) is 0. The molecule has 0 aliphatic heterocycles. The van der Waals surface area contributed by atoms with E-state index in [9.17, 15) is 0 Å². The summed E-state index contributed by atoms with van der Waals surface area (Å²) in [6.07, 6.45) is 4.77. The first-order chi connectivity index (χ1) is 5.95. The molecular formula is C11H11N. The molecule has 1 aromatic carbocycles.